The van der Waals surface area contributed by atoms with Crippen LogP contribution < -0.4 is 10.5 Å². The molecule has 94 valence electrons. The minimum atomic E-state index is -0.311. The fraction of sp³-hybridized carbons (Fsp3) is 0.538. The zero-order valence-corrected chi connectivity index (χ0v) is 9.99. The number of benzene rings is 1. The number of rotatable bonds is 3. The number of hydrogen-bond acceptors (Lipinski definition) is 3. The molecule has 0 amide bonds. The Morgan fingerprint density at radius 3 is 2.94 bits per heavy atom. The standard InChI is InChI=1S/C13H18FNO2/c1-9(15)12-5-4-10(7-13(12)14)17-11-3-2-6-16-8-11/h4-5,7,9,11H,2-3,6,8,15H2,1H3/t9-,11?/m1/s1. The van der Waals surface area contributed by atoms with E-state index < -0.39 is 0 Å². The van der Waals surface area contributed by atoms with E-state index in [0.717, 1.165) is 19.4 Å². The SMILES string of the molecule is C[C@@H](N)c1ccc(OC2CCCOC2)cc1F. The Bertz CT molecular complexity index is 376. The van der Waals surface area contributed by atoms with Crippen LogP contribution >= 0.6 is 0 Å². The average molecular weight is 239 g/mol. The van der Waals surface area contributed by atoms with E-state index in [1.54, 1.807) is 19.1 Å². The molecule has 0 radical (unpaired) electrons. The lowest BCUT2D eigenvalue weighted by atomic mass is 10.1. The maximum Gasteiger partial charge on any atom is 0.131 e. The summed E-state index contributed by atoms with van der Waals surface area (Å²) in [7, 11) is 0. The maximum absolute atomic E-state index is 13.7. The summed E-state index contributed by atoms with van der Waals surface area (Å²) in [6.07, 6.45) is 1.98. The van der Waals surface area contributed by atoms with E-state index in [-0.39, 0.29) is 18.0 Å². The summed E-state index contributed by atoms with van der Waals surface area (Å²) in [5, 5.41) is 0. The summed E-state index contributed by atoms with van der Waals surface area (Å²) in [5.74, 6) is 0.233. The van der Waals surface area contributed by atoms with Crippen LogP contribution in [0, 0.1) is 5.82 Å². The van der Waals surface area contributed by atoms with E-state index in [0.29, 0.717) is 17.9 Å². The van der Waals surface area contributed by atoms with Gasteiger partial charge in [0.1, 0.15) is 17.7 Å². The van der Waals surface area contributed by atoms with Crippen LogP contribution in [0.1, 0.15) is 31.4 Å². The van der Waals surface area contributed by atoms with Crippen molar-refractivity contribution in [3.8, 4) is 5.75 Å². The van der Waals surface area contributed by atoms with E-state index in [9.17, 15) is 4.39 Å². The summed E-state index contributed by atoms with van der Waals surface area (Å²) in [6, 6.07) is 4.53. The van der Waals surface area contributed by atoms with Gasteiger partial charge >= 0.3 is 0 Å². The topological polar surface area (TPSA) is 44.5 Å². The number of halogens is 1. The van der Waals surface area contributed by atoms with E-state index in [4.69, 9.17) is 15.2 Å². The summed E-state index contributed by atoms with van der Waals surface area (Å²) in [6.45, 7) is 3.13. The van der Waals surface area contributed by atoms with Gasteiger partial charge in [-0.15, -0.1) is 0 Å². The molecular weight excluding hydrogens is 221 g/mol. The first kappa shape index (κ1) is 12.3. The van der Waals surface area contributed by atoms with Crippen molar-refractivity contribution < 1.29 is 13.9 Å². The van der Waals surface area contributed by atoms with Crippen LogP contribution in [0.25, 0.3) is 0 Å². The third-order valence-electron chi connectivity index (χ3n) is 2.88. The van der Waals surface area contributed by atoms with Crippen molar-refractivity contribution in [2.45, 2.75) is 31.9 Å². The molecule has 1 unspecified atom stereocenters. The van der Waals surface area contributed by atoms with Gasteiger partial charge in [-0.25, -0.2) is 4.39 Å². The van der Waals surface area contributed by atoms with Crippen molar-refractivity contribution in [3.05, 3.63) is 29.6 Å². The molecule has 0 spiro atoms. The highest BCUT2D eigenvalue weighted by atomic mass is 19.1. The Labute approximate surface area is 101 Å². The third-order valence-corrected chi connectivity index (χ3v) is 2.88. The third kappa shape index (κ3) is 3.17. The highest BCUT2D eigenvalue weighted by Crippen LogP contribution is 2.23. The van der Waals surface area contributed by atoms with Gasteiger partial charge in [-0.3, -0.25) is 0 Å². The molecule has 3 nitrogen and oxygen atoms in total. The van der Waals surface area contributed by atoms with Crippen LogP contribution in [-0.2, 0) is 4.74 Å². The summed E-state index contributed by atoms with van der Waals surface area (Å²) in [4.78, 5) is 0. The summed E-state index contributed by atoms with van der Waals surface area (Å²) >= 11 is 0. The molecule has 0 aromatic heterocycles. The van der Waals surface area contributed by atoms with E-state index in [2.05, 4.69) is 0 Å². The average Bonchev–Trinajstić information content (AvgIpc) is 2.30. The van der Waals surface area contributed by atoms with Crippen LogP contribution in [-0.4, -0.2) is 19.3 Å². The van der Waals surface area contributed by atoms with Gasteiger partial charge in [0.2, 0.25) is 0 Å². The molecule has 1 heterocycles. The Morgan fingerprint density at radius 2 is 2.35 bits per heavy atom. The van der Waals surface area contributed by atoms with E-state index in [1.807, 2.05) is 0 Å². The normalized spacial score (nSPS) is 22.2. The molecule has 1 fully saturated rings. The molecule has 2 atom stereocenters. The lowest BCUT2D eigenvalue weighted by Crippen LogP contribution is -2.28. The number of ether oxygens (including phenoxy) is 2. The molecule has 1 aliphatic rings. The molecular formula is C13H18FNO2. The molecule has 17 heavy (non-hydrogen) atoms. The van der Waals surface area contributed by atoms with E-state index in [1.165, 1.54) is 6.07 Å². The van der Waals surface area contributed by atoms with Crippen molar-refractivity contribution in [1.29, 1.82) is 0 Å². The zero-order valence-electron chi connectivity index (χ0n) is 9.99. The van der Waals surface area contributed by atoms with Gasteiger partial charge in [0.15, 0.2) is 0 Å². The van der Waals surface area contributed by atoms with Gasteiger partial charge in [-0.2, -0.15) is 0 Å². The van der Waals surface area contributed by atoms with Crippen LogP contribution in [0.3, 0.4) is 0 Å². The lowest BCUT2D eigenvalue weighted by Gasteiger charge is -2.23. The van der Waals surface area contributed by atoms with Gasteiger partial charge in [0, 0.05) is 24.3 Å². The van der Waals surface area contributed by atoms with Crippen molar-refractivity contribution in [2.75, 3.05) is 13.2 Å². The lowest BCUT2D eigenvalue weighted by molar-refractivity contribution is 0.00730. The molecule has 2 rings (SSSR count). The Balaban J connectivity index is 2.04. The van der Waals surface area contributed by atoms with E-state index >= 15 is 0 Å². The second-order valence-electron chi connectivity index (χ2n) is 4.43. The molecule has 1 saturated heterocycles. The number of nitrogens with two attached hydrogens (primary N) is 1. The van der Waals surface area contributed by atoms with Gasteiger partial charge in [-0.1, -0.05) is 6.07 Å². The molecule has 0 saturated carbocycles. The minimum Gasteiger partial charge on any atom is -0.488 e. The van der Waals surface area contributed by atoms with Gasteiger partial charge in [-0.05, 0) is 25.8 Å². The van der Waals surface area contributed by atoms with Gasteiger partial charge < -0.3 is 15.2 Å². The molecule has 2 N–H and O–H groups in total. The first-order valence-electron chi connectivity index (χ1n) is 5.96. The van der Waals surface area contributed by atoms with Crippen LogP contribution in [0.5, 0.6) is 5.75 Å². The second kappa shape index (κ2) is 5.47. The molecule has 1 aromatic rings. The molecule has 4 heteroatoms. The molecule has 1 aromatic carbocycles. The van der Waals surface area contributed by atoms with Crippen LogP contribution in [0.15, 0.2) is 18.2 Å². The van der Waals surface area contributed by atoms with Crippen molar-refractivity contribution >= 4 is 0 Å². The molecule has 1 aliphatic heterocycles. The fourth-order valence-corrected chi connectivity index (χ4v) is 1.95. The van der Waals surface area contributed by atoms with Crippen molar-refractivity contribution in [3.63, 3.8) is 0 Å². The van der Waals surface area contributed by atoms with Crippen LogP contribution in [0.2, 0.25) is 0 Å². The second-order valence-corrected chi connectivity index (χ2v) is 4.43. The van der Waals surface area contributed by atoms with Crippen LogP contribution in [0.4, 0.5) is 4.39 Å². The highest BCUT2D eigenvalue weighted by Gasteiger charge is 2.16. The fourth-order valence-electron chi connectivity index (χ4n) is 1.95. The predicted molar refractivity (Wildman–Crippen MR) is 63.5 cm³/mol. The monoisotopic (exact) mass is 239 g/mol. The molecule has 0 aliphatic carbocycles. The first-order chi connectivity index (χ1) is 8.16. The summed E-state index contributed by atoms with van der Waals surface area (Å²) < 4.78 is 24.6. The van der Waals surface area contributed by atoms with Gasteiger partial charge in [0.25, 0.3) is 0 Å². The zero-order chi connectivity index (χ0) is 12.3. The maximum atomic E-state index is 13.7. The Kier molecular flexibility index (Phi) is 3.97. The van der Waals surface area contributed by atoms with Crippen molar-refractivity contribution in [1.82, 2.24) is 0 Å². The largest absolute Gasteiger partial charge is 0.488 e. The first-order valence-corrected chi connectivity index (χ1v) is 5.96. The Hall–Kier alpha value is -1.13. The highest BCUT2D eigenvalue weighted by molar-refractivity contribution is 5.30. The van der Waals surface area contributed by atoms with Gasteiger partial charge in [0.05, 0.1) is 6.61 Å². The van der Waals surface area contributed by atoms with Crippen molar-refractivity contribution in [2.24, 2.45) is 5.73 Å². The molecule has 0 bridgehead atoms. The quantitative estimate of drug-likeness (QED) is 0.881. The minimum absolute atomic E-state index is 0.0318. The summed E-state index contributed by atoms with van der Waals surface area (Å²) in [5.41, 5.74) is 6.16. The predicted octanol–water partition coefficient (Wildman–Crippen LogP) is 2.40. The number of hydrogen-bond donors (Lipinski definition) is 1. The Morgan fingerprint density at radius 1 is 1.53 bits per heavy atom. The smallest absolute Gasteiger partial charge is 0.131 e.